The SMILES string of the molecule is CC1=CC(=O)C(Cl)=C(C)C1=NC(=NS(=O)(=O)c1ccccc1)c1ccccc1. The molecule has 0 saturated heterocycles. The number of aliphatic imine (C=N–C) groups is 1. The fourth-order valence-electron chi connectivity index (χ4n) is 2.67. The molecule has 0 aromatic heterocycles. The second kappa shape index (κ2) is 8.04. The third-order valence-electron chi connectivity index (χ3n) is 4.12. The molecule has 0 amide bonds. The van der Waals surface area contributed by atoms with Gasteiger partial charge in [0.25, 0.3) is 10.0 Å². The predicted octanol–water partition coefficient (Wildman–Crippen LogP) is 4.30. The molecule has 0 spiro atoms. The summed E-state index contributed by atoms with van der Waals surface area (Å²) in [5, 5.41) is 0.0580. The number of nitrogens with zero attached hydrogens (tertiary/aromatic N) is 2. The predicted molar refractivity (Wildman–Crippen MR) is 111 cm³/mol. The minimum Gasteiger partial charge on any atom is -0.288 e. The van der Waals surface area contributed by atoms with Crippen LogP contribution in [-0.2, 0) is 14.8 Å². The average Bonchev–Trinajstić information content (AvgIpc) is 2.70. The fraction of sp³-hybridized carbons (Fsp3) is 0.0952. The number of halogens is 1. The molecule has 0 radical (unpaired) electrons. The molecule has 0 saturated carbocycles. The maximum Gasteiger partial charge on any atom is 0.284 e. The van der Waals surface area contributed by atoms with Gasteiger partial charge in [-0.25, -0.2) is 4.99 Å². The first kappa shape index (κ1) is 19.9. The number of benzene rings is 2. The fourth-order valence-corrected chi connectivity index (χ4v) is 3.80. The van der Waals surface area contributed by atoms with Crippen LogP contribution in [0.2, 0.25) is 0 Å². The average molecular weight is 413 g/mol. The van der Waals surface area contributed by atoms with E-state index < -0.39 is 10.0 Å². The summed E-state index contributed by atoms with van der Waals surface area (Å²) in [7, 11) is -3.97. The molecule has 1 aliphatic carbocycles. The molecular weight excluding hydrogens is 396 g/mol. The van der Waals surface area contributed by atoms with Gasteiger partial charge in [0, 0.05) is 5.56 Å². The van der Waals surface area contributed by atoms with Crippen LogP contribution >= 0.6 is 11.6 Å². The highest BCUT2D eigenvalue weighted by Crippen LogP contribution is 2.24. The summed E-state index contributed by atoms with van der Waals surface area (Å²) in [5.41, 5.74) is 2.03. The molecule has 2 aromatic rings. The van der Waals surface area contributed by atoms with Gasteiger partial charge < -0.3 is 0 Å². The van der Waals surface area contributed by atoms with E-state index in [-0.39, 0.29) is 21.5 Å². The van der Waals surface area contributed by atoms with Gasteiger partial charge in [-0.15, -0.1) is 4.40 Å². The first-order valence-electron chi connectivity index (χ1n) is 8.43. The minimum atomic E-state index is -3.97. The smallest absolute Gasteiger partial charge is 0.284 e. The number of hydrogen-bond acceptors (Lipinski definition) is 3. The van der Waals surface area contributed by atoms with Gasteiger partial charge in [-0.05, 0) is 43.2 Å². The summed E-state index contributed by atoms with van der Waals surface area (Å²) in [6.07, 6.45) is 1.38. The van der Waals surface area contributed by atoms with Gasteiger partial charge in [-0.1, -0.05) is 60.1 Å². The highest BCUT2D eigenvalue weighted by Gasteiger charge is 2.22. The number of sulfonamides is 1. The highest BCUT2D eigenvalue weighted by atomic mass is 35.5. The van der Waals surface area contributed by atoms with Crippen molar-refractivity contribution >= 4 is 39.0 Å². The molecule has 0 N–H and O–H groups in total. The lowest BCUT2D eigenvalue weighted by Crippen LogP contribution is -2.17. The maximum absolute atomic E-state index is 12.8. The Morgan fingerprint density at radius 2 is 1.50 bits per heavy atom. The summed E-state index contributed by atoms with van der Waals surface area (Å²) in [6, 6.07) is 16.7. The quantitative estimate of drug-likeness (QED) is 0.428. The molecule has 3 rings (SSSR count). The van der Waals surface area contributed by atoms with Crippen molar-refractivity contribution in [2.75, 3.05) is 0 Å². The summed E-state index contributed by atoms with van der Waals surface area (Å²) in [5.74, 6) is -0.281. The van der Waals surface area contributed by atoms with Crippen molar-refractivity contribution in [2.45, 2.75) is 18.7 Å². The van der Waals surface area contributed by atoms with Crippen LogP contribution in [0.5, 0.6) is 0 Å². The molecule has 5 nitrogen and oxygen atoms in total. The Balaban J connectivity index is 2.20. The largest absolute Gasteiger partial charge is 0.288 e. The molecule has 0 bridgehead atoms. The Labute approximate surface area is 168 Å². The molecule has 0 aliphatic heterocycles. The number of amidine groups is 1. The van der Waals surface area contributed by atoms with Crippen LogP contribution in [0, 0.1) is 0 Å². The molecule has 142 valence electrons. The zero-order chi connectivity index (χ0) is 20.3. The monoisotopic (exact) mass is 412 g/mol. The van der Waals surface area contributed by atoms with E-state index in [9.17, 15) is 13.2 Å². The van der Waals surface area contributed by atoms with Gasteiger partial charge in [-0.2, -0.15) is 8.42 Å². The van der Waals surface area contributed by atoms with Crippen LogP contribution in [-0.4, -0.2) is 25.7 Å². The van der Waals surface area contributed by atoms with Crippen LogP contribution in [0.15, 0.2) is 97.2 Å². The molecule has 7 heteroatoms. The van der Waals surface area contributed by atoms with Gasteiger partial charge in [0.1, 0.15) is 0 Å². The van der Waals surface area contributed by atoms with Crippen molar-refractivity contribution in [3.63, 3.8) is 0 Å². The van der Waals surface area contributed by atoms with Gasteiger partial charge in [0.15, 0.2) is 11.6 Å². The van der Waals surface area contributed by atoms with Crippen LogP contribution in [0.4, 0.5) is 0 Å². The number of hydrogen-bond donors (Lipinski definition) is 0. The molecule has 0 fully saturated rings. The van der Waals surface area contributed by atoms with Gasteiger partial charge in [-0.3, -0.25) is 4.79 Å². The number of allylic oxidation sites excluding steroid dienone is 4. The Hall–Kier alpha value is -2.83. The summed E-state index contributed by atoms with van der Waals surface area (Å²) in [4.78, 5) is 16.4. The number of rotatable bonds is 3. The van der Waals surface area contributed by atoms with Crippen molar-refractivity contribution in [1.82, 2.24) is 0 Å². The zero-order valence-electron chi connectivity index (χ0n) is 15.3. The third-order valence-corrected chi connectivity index (χ3v) is 5.87. The Kier molecular flexibility index (Phi) is 5.72. The second-order valence-corrected chi connectivity index (χ2v) is 8.14. The molecule has 0 unspecified atom stereocenters. The Morgan fingerprint density at radius 3 is 2.11 bits per heavy atom. The zero-order valence-corrected chi connectivity index (χ0v) is 16.8. The van der Waals surface area contributed by atoms with E-state index in [0.29, 0.717) is 22.4 Å². The Morgan fingerprint density at radius 1 is 0.929 bits per heavy atom. The molecule has 0 heterocycles. The summed E-state index contributed by atoms with van der Waals surface area (Å²) in [6.45, 7) is 3.39. The topological polar surface area (TPSA) is 75.9 Å². The van der Waals surface area contributed by atoms with Crippen molar-refractivity contribution < 1.29 is 13.2 Å². The van der Waals surface area contributed by atoms with E-state index in [0.717, 1.165) is 0 Å². The molecule has 28 heavy (non-hydrogen) atoms. The van der Waals surface area contributed by atoms with Crippen molar-refractivity contribution in [3.8, 4) is 0 Å². The van der Waals surface area contributed by atoms with Crippen LogP contribution in [0.1, 0.15) is 19.4 Å². The van der Waals surface area contributed by atoms with Crippen LogP contribution < -0.4 is 0 Å². The van der Waals surface area contributed by atoms with E-state index in [1.54, 1.807) is 56.3 Å². The van der Waals surface area contributed by atoms with Crippen LogP contribution in [0.3, 0.4) is 0 Å². The Bertz CT molecular complexity index is 1150. The van der Waals surface area contributed by atoms with Crippen LogP contribution in [0.25, 0.3) is 0 Å². The number of carbonyl (C=O) groups is 1. The van der Waals surface area contributed by atoms with E-state index >= 15 is 0 Å². The molecule has 0 atom stereocenters. The molecular formula is C21H17ClN2O3S. The van der Waals surface area contributed by atoms with E-state index in [1.807, 2.05) is 6.07 Å². The third kappa shape index (κ3) is 4.18. The highest BCUT2D eigenvalue weighted by molar-refractivity contribution is 7.90. The lowest BCUT2D eigenvalue weighted by atomic mass is 9.97. The minimum absolute atomic E-state index is 0.0189. The lowest BCUT2D eigenvalue weighted by Gasteiger charge is -2.15. The number of carbonyl (C=O) groups excluding carboxylic acids is 1. The normalized spacial score (nSPS) is 17.1. The summed E-state index contributed by atoms with van der Waals surface area (Å²) >= 11 is 6.08. The van der Waals surface area contributed by atoms with Gasteiger partial charge >= 0.3 is 0 Å². The lowest BCUT2D eigenvalue weighted by molar-refractivity contribution is -0.110. The second-order valence-electron chi connectivity index (χ2n) is 6.16. The van der Waals surface area contributed by atoms with Crippen molar-refractivity contribution in [3.05, 3.63) is 88.5 Å². The van der Waals surface area contributed by atoms with E-state index in [2.05, 4.69) is 9.39 Å². The maximum atomic E-state index is 12.8. The van der Waals surface area contributed by atoms with Gasteiger partial charge in [0.05, 0.1) is 15.6 Å². The van der Waals surface area contributed by atoms with E-state index in [1.165, 1.54) is 18.2 Å². The standard InChI is InChI=1S/C21H17ClN2O3S/c1-14-13-18(25)19(22)15(2)20(14)23-21(16-9-5-3-6-10-16)24-28(26,27)17-11-7-4-8-12-17/h3-13H,1-2H3. The van der Waals surface area contributed by atoms with Crippen molar-refractivity contribution in [2.24, 2.45) is 9.39 Å². The first-order chi connectivity index (χ1) is 13.3. The molecule has 2 aromatic carbocycles. The number of ketones is 1. The van der Waals surface area contributed by atoms with E-state index in [4.69, 9.17) is 11.6 Å². The van der Waals surface area contributed by atoms with Crippen molar-refractivity contribution in [1.29, 1.82) is 0 Å². The van der Waals surface area contributed by atoms with Gasteiger partial charge in [0.2, 0.25) is 0 Å². The summed E-state index contributed by atoms with van der Waals surface area (Å²) < 4.78 is 29.5. The molecule has 1 aliphatic rings. The first-order valence-corrected chi connectivity index (χ1v) is 10.3.